The Morgan fingerprint density at radius 1 is 1.18 bits per heavy atom. The number of pyridine rings is 1. The molecule has 3 rings (SSSR count). The molecule has 3 aromatic rings. The monoisotopic (exact) mass is 500 g/mol. The van der Waals surface area contributed by atoms with Crippen molar-refractivity contribution in [2.45, 2.75) is 11.3 Å². The fourth-order valence-corrected chi connectivity index (χ4v) is 4.50. The highest BCUT2D eigenvalue weighted by atomic mass is 35.5. The number of carbonyl (C=O) groups is 1. The van der Waals surface area contributed by atoms with Crippen LogP contribution in [0.2, 0.25) is 5.02 Å². The number of halogens is 1. The van der Waals surface area contributed by atoms with Crippen molar-refractivity contribution in [3.8, 4) is 17.0 Å². The summed E-state index contributed by atoms with van der Waals surface area (Å²) in [4.78, 5) is 18.5. The number of carbonyl (C=O) groups excluding carboxylic acids is 1. The van der Waals surface area contributed by atoms with Crippen molar-refractivity contribution in [3.63, 3.8) is 0 Å². The molecule has 1 aromatic heterocycles. The molecule has 0 aliphatic rings. The predicted octanol–water partition coefficient (Wildman–Crippen LogP) is 3.66. The van der Waals surface area contributed by atoms with Gasteiger partial charge in [-0.05, 0) is 48.4 Å². The van der Waals surface area contributed by atoms with Gasteiger partial charge in [-0.15, -0.1) is 4.40 Å². The summed E-state index contributed by atoms with van der Waals surface area (Å²) in [6, 6.07) is 15.2. The summed E-state index contributed by atoms with van der Waals surface area (Å²) in [7, 11) is 0.865. The number of methoxy groups -OCH3 is 1. The summed E-state index contributed by atoms with van der Waals surface area (Å²) in [6.45, 7) is 0.276. The van der Waals surface area contributed by atoms with E-state index in [9.17, 15) is 13.2 Å². The molecule has 0 spiro atoms. The highest BCUT2D eigenvalue weighted by Crippen LogP contribution is 2.28. The van der Waals surface area contributed by atoms with Gasteiger partial charge in [0.1, 0.15) is 12.1 Å². The van der Waals surface area contributed by atoms with E-state index in [1.807, 2.05) is 6.07 Å². The number of ether oxygens (including phenoxy) is 1. The molecule has 1 N–H and O–H groups in total. The van der Waals surface area contributed by atoms with Crippen molar-refractivity contribution in [2.75, 3.05) is 27.7 Å². The zero-order chi connectivity index (χ0) is 24.7. The summed E-state index contributed by atoms with van der Waals surface area (Å²) < 4.78 is 35.0. The van der Waals surface area contributed by atoms with Crippen LogP contribution in [0.1, 0.15) is 15.9 Å². The number of amides is 1. The van der Waals surface area contributed by atoms with Crippen molar-refractivity contribution in [1.82, 2.24) is 15.2 Å². The van der Waals surface area contributed by atoms with Crippen LogP contribution < -0.4 is 10.1 Å². The number of nitrogens with one attached hydrogen (secondary N) is 1. The van der Waals surface area contributed by atoms with E-state index in [4.69, 9.17) is 16.3 Å². The molecule has 0 saturated carbocycles. The fourth-order valence-electron chi connectivity index (χ4n) is 3.16. The quantitative estimate of drug-likeness (QED) is 0.355. The van der Waals surface area contributed by atoms with Gasteiger partial charge in [0.05, 0.1) is 23.3 Å². The normalized spacial score (nSPS) is 11.4. The molecule has 2 aromatic carbocycles. The van der Waals surface area contributed by atoms with Crippen LogP contribution in [-0.4, -0.2) is 58.3 Å². The lowest BCUT2D eigenvalue weighted by Gasteiger charge is -2.12. The van der Waals surface area contributed by atoms with Gasteiger partial charge in [-0.1, -0.05) is 29.8 Å². The number of aromatic nitrogens is 1. The van der Waals surface area contributed by atoms with Gasteiger partial charge in [0.2, 0.25) is 0 Å². The molecule has 0 atom stereocenters. The Balaban J connectivity index is 1.85. The topological polar surface area (TPSA) is 101 Å². The minimum Gasteiger partial charge on any atom is -0.496 e. The van der Waals surface area contributed by atoms with Gasteiger partial charge in [0.15, 0.2) is 0 Å². The van der Waals surface area contributed by atoms with Crippen LogP contribution in [0.4, 0.5) is 0 Å². The molecule has 10 heteroatoms. The first-order valence-corrected chi connectivity index (χ1v) is 12.2. The van der Waals surface area contributed by atoms with E-state index < -0.39 is 10.0 Å². The van der Waals surface area contributed by atoms with Gasteiger partial charge in [0, 0.05) is 37.4 Å². The zero-order valence-corrected chi connectivity index (χ0v) is 20.6. The van der Waals surface area contributed by atoms with Gasteiger partial charge in [0.25, 0.3) is 15.9 Å². The molecule has 0 unspecified atom stereocenters. The standard InChI is InChI=1S/C24H25ClN4O4S/c1-29(2)16-28-34(31,32)23-14-17(7-9-19(23)21-6-4-5-12-26-21)11-13-27-24(30)20-15-18(25)8-10-22(20)33-3/h4-10,12,14-16H,11,13H2,1-3H3,(H,27,30). The Hall–Kier alpha value is -3.43. The van der Waals surface area contributed by atoms with E-state index >= 15 is 0 Å². The van der Waals surface area contributed by atoms with Gasteiger partial charge in [-0.3, -0.25) is 9.78 Å². The maximum absolute atomic E-state index is 13.0. The second kappa shape index (κ2) is 11.1. The molecular formula is C24H25ClN4O4S. The van der Waals surface area contributed by atoms with Gasteiger partial charge in [-0.25, -0.2) is 0 Å². The molecule has 178 valence electrons. The summed E-state index contributed by atoms with van der Waals surface area (Å²) in [5, 5.41) is 3.24. The minimum atomic E-state index is -3.99. The summed E-state index contributed by atoms with van der Waals surface area (Å²) in [5.41, 5.74) is 2.01. The Bertz CT molecular complexity index is 1300. The van der Waals surface area contributed by atoms with E-state index in [0.29, 0.717) is 34.0 Å². The highest BCUT2D eigenvalue weighted by Gasteiger charge is 2.20. The van der Waals surface area contributed by atoms with Crippen LogP contribution in [0.5, 0.6) is 5.75 Å². The van der Waals surface area contributed by atoms with Crippen LogP contribution in [0, 0.1) is 0 Å². The van der Waals surface area contributed by atoms with Crippen molar-refractivity contribution in [1.29, 1.82) is 0 Å². The lowest BCUT2D eigenvalue weighted by Crippen LogP contribution is -2.26. The first kappa shape index (κ1) is 25.2. The molecule has 1 amide bonds. The van der Waals surface area contributed by atoms with E-state index in [2.05, 4.69) is 14.7 Å². The molecule has 1 heterocycles. The van der Waals surface area contributed by atoms with E-state index in [0.717, 1.165) is 5.56 Å². The smallest absolute Gasteiger partial charge is 0.284 e. The van der Waals surface area contributed by atoms with E-state index in [-0.39, 0.29) is 17.3 Å². The van der Waals surface area contributed by atoms with Gasteiger partial charge < -0.3 is 15.0 Å². The van der Waals surface area contributed by atoms with E-state index in [1.165, 1.54) is 19.5 Å². The number of hydrogen-bond acceptors (Lipinski definition) is 5. The minimum absolute atomic E-state index is 0.0460. The van der Waals surface area contributed by atoms with Crippen molar-refractivity contribution >= 4 is 33.9 Å². The van der Waals surface area contributed by atoms with Crippen LogP contribution in [0.15, 0.2) is 70.1 Å². The number of sulfonamides is 1. The number of rotatable bonds is 9. The third-order valence-electron chi connectivity index (χ3n) is 4.79. The first-order chi connectivity index (χ1) is 16.2. The molecule has 0 aliphatic heterocycles. The summed E-state index contributed by atoms with van der Waals surface area (Å²) in [5.74, 6) is 0.0710. The Labute approximate surface area is 204 Å². The third kappa shape index (κ3) is 6.33. The van der Waals surface area contributed by atoms with Crippen LogP contribution in [0.25, 0.3) is 11.3 Å². The van der Waals surface area contributed by atoms with Crippen molar-refractivity contribution < 1.29 is 17.9 Å². The lowest BCUT2D eigenvalue weighted by molar-refractivity contribution is 0.0951. The van der Waals surface area contributed by atoms with Crippen LogP contribution in [-0.2, 0) is 16.4 Å². The van der Waals surface area contributed by atoms with Gasteiger partial charge >= 0.3 is 0 Å². The van der Waals surface area contributed by atoms with Crippen molar-refractivity contribution in [2.24, 2.45) is 4.40 Å². The number of nitrogens with zero attached hydrogens (tertiary/aromatic N) is 3. The summed E-state index contributed by atoms with van der Waals surface area (Å²) in [6.07, 6.45) is 3.24. The molecule has 0 radical (unpaired) electrons. The Kier molecular flexibility index (Phi) is 8.25. The molecule has 0 saturated heterocycles. The van der Waals surface area contributed by atoms with Crippen molar-refractivity contribution in [3.05, 3.63) is 76.9 Å². The largest absolute Gasteiger partial charge is 0.496 e. The first-order valence-electron chi connectivity index (χ1n) is 10.3. The number of benzene rings is 2. The van der Waals surface area contributed by atoms with Gasteiger partial charge in [-0.2, -0.15) is 8.42 Å². The molecule has 0 bridgehead atoms. The fraction of sp³-hybridized carbons (Fsp3) is 0.208. The average molecular weight is 501 g/mol. The third-order valence-corrected chi connectivity index (χ3v) is 6.29. The second-order valence-electron chi connectivity index (χ2n) is 7.56. The molecule has 8 nitrogen and oxygen atoms in total. The predicted molar refractivity (Wildman–Crippen MR) is 133 cm³/mol. The van der Waals surface area contributed by atoms with E-state index in [1.54, 1.807) is 67.7 Å². The highest BCUT2D eigenvalue weighted by molar-refractivity contribution is 7.90. The summed E-state index contributed by atoms with van der Waals surface area (Å²) >= 11 is 6.01. The molecular weight excluding hydrogens is 476 g/mol. The maximum Gasteiger partial charge on any atom is 0.284 e. The SMILES string of the molecule is COc1ccc(Cl)cc1C(=O)NCCc1ccc(-c2ccccn2)c(S(=O)(=O)N=CN(C)C)c1. The number of hydrogen-bond donors (Lipinski definition) is 1. The maximum atomic E-state index is 13.0. The lowest BCUT2D eigenvalue weighted by atomic mass is 10.1. The molecule has 34 heavy (non-hydrogen) atoms. The van der Waals surface area contributed by atoms with Crippen LogP contribution >= 0.6 is 11.6 Å². The van der Waals surface area contributed by atoms with Crippen LogP contribution in [0.3, 0.4) is 0 Å². The molecule has 0 aliphatic carbocycles. The molecule has 0 fully saturated rings. The Morgan fingerprint density at radius 3 is 2.65 bits per heavy atom. The average Bonchev–Trinajstić information content (AvgIpc) is 2.83. The zero-order valence-electron chi connectivity index (χ0n) is 19.0. The Morgan fingerprint density at radius 2 is 1.97 bits per heavy atom. The second-order valence-corrected chi connectivity index (χ2v) is 9.59.